The molecule has 2 amide bonds. The van der Waals surface area contributed by atoms with E-state index in [4.69, 9.17) is 0 Å². The molecule has 1 N–H and O–H groups in total. The van der Waals surface area contributed by atoms with Crippen LogP contribution in [0.4, 0.5) is 13.2 Å². The smallest absolute Gasteiger partial charge is 0.425 e. The summed E-state index contributed by atoms with van der Waals surface area (Å²) in [5, 5.41) is 1.85. The van der Waals surface area contributed by atoms with Crippen molar-refractivity contribution >= 4 is 17.8 Å². The molecule has 1 aliphatic heterocycles. The first-order chi connectivity index (χ1) is 12.5. The largest absolute Gasteiger partial charge is 0.466 e. The third kappa shape index (κ3) is 3.55. The van der Waals surface area contributed by atoms with Crippen LogP contribution in [0.2, 0.25) is 0 Å². The van der Waals surface area contributed by atoms with Gasteiger partial charge in [-0.15, -0.1) is 0 Å². The summed E-state index contributed by atoms with van der Waals surface area (Å²) < 4.78 is 47.3. The molecular formula is C18H25F3N2O4. The Morgan fingerprint density at radius 3 is 2.30 bits per heavy atom. The number of nitrogens with zero attached hydrogens (tertiary/aromatic N) is 1. The van der Waals surface area contributed by atoms with Crippen LogP contribution in [0.25, 0.3) is 0 Å². The summed E-state index contributed by atoms with van der Waals surface area (Å²) in [6.45, 7) is 4.64. The minimum absolute atomic E-state index is 0.110. The van der Waals surface area contributed by atoms with Crippen molar-refractivity contribution in [3.63, 3.8) is 0 Å². The zero-order valence-electron chi connectivity index (χ0n) is 15.9. The fourth-order valence-electron chi connectivity index (χ4n) is 3.92. The maximum Gasteiger partial charge on any atom is 0.425 e. The van der Waals surface area contributed by atoms with E-state index >= 15 is 0 Å². The van der Waals surface area contributed by atoms with Crippen molar-refractivity contribution in [1.29, 1.82) is 0 Å². The average Bonchev–Trinajstić information content (AvgIpc) is 3.12. The highest BCUT2D eigenvalue weighted by molar-refractivity contribution is 6.10. The number of alkyl halides is 3. The molecule has 2 rings (SSSR count). The maximum atomic E-state index is 14.2. The first kappa shape index (κ1) is 21.2. The predicted octanol–water partition coefficient (Wildman–Crippen LogP) is 2.68. The molecule has 0 unspecified atom stereocenters. The molecule has 1 fully saturated rings. The Balaban J connectivity index is 2.62. The molecule has 1 heterocycles. The molecule has 0 spiro atoms. The van der Waals surface area contributed by atoms with Crippen LogP contribution in [0.5, 0.6) is 0 Å². The van der Waals surface area contributed by atoms with Crippen molar-refractivity contribution in [2.24, 2.45) is 5.92 Å². The lowest BCUT2D eigenvalue weighted by Gasteiger charge is -2.34. The molecule has 0 bridgehead atoms. The third-order valence-corrected chi connectivity index (χ3v) is 5.06. The van der Waals surface area contributed by atoms with Crippen LogP contribution in [0, 0.1) is 5.92 Å². The standard InChI is InChI=1S/C18H25F3N2O4/c1-10(2)9-13(24)22-17(18(19,20)21)14(15(25)27-4)11(3)23(16(17)26)12-7-5-6-8-12/h10,12H,5-9H2,1-4H3,(H,22,24)/t17-/m1/s1. The molecule has 152 valence electrons. The lowest BCUT2D eigenvalue weighted by atomic mass is 9.88. The van der Waals surface area contributed by atoms with E-state index in [1.54, 1.807) is 13.8 Å². The topological polar surface area (TPSA) is 75.7 Å². The Bertz CT molecular complexity index is 666. The molecule has 9 heteroatoms. The second-order valence-corrected chi connectivity index (χ2v) is 7.46. The van der Waals surface area contributed by atoms with E-state index in [-0.39, 0.29) is 18.0 Å². The Hall–Kier alpha value is -2.06. The van der Waals surface area contributed by atoms with Gasteiger partial charge in [0.2, 0.25) is 11.4 Å². The van der Waals surface area contributed by atoms with Crippen LogP contribution in [0.3, 0.4) is 0 Å². The maximum absolute atomic E-state index is 14.2. The molecule has 1 aliphatic carbocycles. The Labute approximate surface area is 156 Å². The number of amides is 2. The number of carbonyl (C=O) groups is 3. The number of halogens is 3. The highest BCUT2D eigenvalue weighted by Gasteiger charge is 2.71. The van der Waals surface area contributed by atoms with E-state index in [2.05, 4.69) is 4.74 Å². The van der Waals surface area contributed by atoms with Gasteiger partial charge in [-0.1, -0.05) is 26.7 Å². The van der Waals surface area contributed by atoms with Gasteiger partial charge in [0.05, 0.1) is 7.11 Å². The minimum atomic E-state index is -5.20. The molecule has 0 aromatic rings. The van der Waals surface area contributed by atoms with E-state index < -0.39 is 41.1 Å². The molecule has 1 saturated carbocycles. The van der Waals surface area contributed by atoms with Gasteiger partial charge in [0.1, 0.15) is 5.57 Å². The molecule has 1 atom stereocenters. The third-order valence-electron chi connectivity index (χ3n) is 5.06. The molecule has 6 nitrogen and oxygen atoms in total. The average molecular weight is 390 g/mol. The Morgan fingerprint density at radius 1 is 1.30 bits per heavy atom. The van der Waals surface area contributed by atoms with E-state index in [1.807, 2.05) is 5.32 Å². The molecule has 0 saturated heterocycles. The number of esters is 1. The summed E-state index contributed by atoms with van der Waals surface area (Å²) >= 11 is 0. The van der Waals surface area contributed by atoms with E-state index in [1.165, 1.54) is 6.92 Å². The monoisotopic (exact) mass is 390 g/mol. The van der Waals surface area contributed by atoms with Crippen LogP contribution in [0.1, 0.15) is 52.9 Å². The van der Waals surface area contributed by atoms with Gasteiger partial charge >= 0.3 is 12.1 Å². The highest BCUT2D eigenvalue weighted by atomic mass is 19.4. The fourth-order valence-corrected chi connectivity index (χ4v) is 3.92. The lowest BCUT2D eigenvalue weighted by molar-refractivity contribution is -0.196. The van der Waals surface area contributed by atoms with E-state index in [0.717, 1.165) is 24.9 Å². The summed E-state index contributed by atoms with van der Waals surface area (Å²) in [7, 11) is 0.947. The van der Waals surface area contributed by atoms with Crippen molar-refractivity contribution in [3.8, 4) is 0 Å². The first-order valence-electron chi connectivity index (χ1n) is 8.98. The number of carbonyl (C=O) groups excluding carboxylic acids is 3. The van der Waals surface area contributed by atoms with Gasteiger partial charge in [0.25, 0.3) is 5.91 Å². The summed E-state index contributed by atoms with van der Waals surface area (Å²) in [5.41, 5.74) is -4.38. The van der Waals surface area contributed by atoms with Crippen LogP contribution in [-0.2, 0) is 19.1 Å². The van der Waals surface area contributed by atoms with Crippen molar-refractivity contribution in [2.45, 2.75) is 70.6 Å². The Kier molecular flexibility index (Phi) is 5.91. The summed E-state index contributed by atoms with van der Waals surface area (Å²) in [5.74, 6) is -3.78. The number of ether oxygens (including phenoxy) is 1. The van der Waals surface area contributed by atoms with Gasteiger partial charge in [0, 0.05) is 18.2 Å². The highest BCUT2D eigenvalue weighted by Crippen LogP contribution is 2.47. The second-order valence-electron chi connectivity index (χ2n) is 7.46. The van der Waals surface area contributed by atoms with Crippen LogP contribution in [-0.4, -0.2) is 47.6 Å². The molecule has 0 radical (unpaired) electrons. The molecule has 0 aromatic carbocycles. The number of rotatable bonds is 5. The Morgan fingerprint density at radius 2 is 1.85 bits per heavy atom. The van der Waals surface area contributed by atoms with Crippen LogP contribution < -0.4 is 5.32 Å². The number of hydrogen-bond acceptors (Lipinski definition) is 4. The second kappa shape index (κ2) is 7.52. The number of nitrogens with one attached hydrogen (secondary N) is 1. The van der Waals surface area contributed by atoms with Crippen LogP contribution >= 0.6 is 0 Å². The van der Waals surface area contributed by atoms with Crippen LogP contribution in [0.15, 0.2) is 11.3 Å². The van der Waals surface area contributed by atoms with Crippen molar-refractivity contribution in [3.05, 3.63) is 11.3 Å². The lowest BCUT2D eigenvalue weighted by Crippen LogP contribution is -2.66. The minimum Gasteiger partial charge on any atom is -0.466 e. The number of allylic oxidation sites excluding steroid dienone is 1. The van der Waals surface area contributed by atoms with Gasteiger partial charge in [-0.2, -0.15) is 13.2 Å². The van der Waals surface area contributed by atoms with Crippen molar-refractivity contribution < 1.29 is 32.3 Å². The van der Waals surface area contributed by atoms with Gasteiger partial charge < -0.3 is 15.0 Å². The summed E-state index contributed by atoms with van der Waals surface area (Å²) in [6.07, 6.45) is -2.74. The molecule has 27 heavy (non-hydrogen) atoms. The number of hydrogen-bond donors (Lipinski definition) is 1. The van der Waals surface area contributed by atoms with Gasteiger partial charge in [-0.3, -0.25) is 9.59 Å². The zero-order chi connectivity index (χ0) is 20.6. The first-order valence-corrected chi connectivity index (χ1v) is 8.98. The molecule has 0 aromatic heterocycles. The van der Waals surface area contributed by atoms with Crippen molar-refractivity contribution in [2.75, 3.05) is 7.11 Å². The normalized spacial score (nSPS) is 24.1. The molecule has 2 aliphatic rings. The predicted molar refractivity (Wildman–Crippen MR) is 90.2 cm³/mol. The summed E-state index contributed by atoms with van der Waals surface area (Å²) in [4.78, 5) is 38.6. The quantitative estimate of drug-likeness (QED) is 0.733. The molecular weight excluding hydrogens is 365 g/mol. The van der Waals surface area contributed by atoms with Gasteiger partial charge in [0.15, 0.2) is 0 Å². The van der Waals surface area contributed by atoms with E-state index in [0.29, 0.717) is 12.8 Å². The fraction of sp³-hybridized carbons (Fsp3) is 0.722. The SMILES string of the molecule is COC(=O)C1=C(C)N(C2CCCC2)C(=O)[C@@]1(NC(=O)CC(C)C)C(F)(F)F. The van der Waals surface area contributed by atoms with Gasteiger partial charge in [-0.05, 0) is 25.7 Å². The number of methoxy groups -OCH3 is 1. The summed E-state index contributed by atoms with van der Waals surface area (Å²) in [6, 6.07) is -0.427. The van der Waals surface area contributed by atoms with Gasteiger partial charge in [-0.25, -0.2) is 4.79 Å². The van der Waals surface area contributed by atoms with Crippen molar-refractivity contribution in [1.82, 2.24) is 10.2 Å². The zero-order valence-corrected chi connectivity index (χ0v) is 15.9. The van der Waals surface area contributed by atoms with E-state index in [9.17, 15) is 27.6 Å².